The van der Waals surface area contributed by atoms with Crippen LogP contribution in [0.3, 0.4) is 0 Å². The van der Waals surface area contributed by atoms with E-state index < -0.39 is 40.2 Å². The molecule has 0 N–H and O–H groups in total. The zero-order valence-corrected chi connectivity index (χ0v) is 11.6. The van der Waals surface area contributed by atoms with Gasteiger partial charge in [0.2, 0.25) is 5.91 Å². The molecule has 0 aliphatic carbocycles. The van der Waals surface area contributed by atoms with Crippen LogP contribution in [0.25, 0.3) is 0 Å². The van der Waals surface area contributed by atoms with Gasteiger partial charge < -0.3 is 4.90 Å². The van der Waals surface area contributed by atoms with Crippen LogP contribution in [0, 0.1) is 5.82 Å². The number of halogens is 4. The minimum atomic E-state index is -4.83. The van der Waals surface area contributed by atoms with E-state index in [1.807, 2.05) is 0 Å². The number of amides is 1. The average Bonchev–Trinajstić information content (AvgIpc) is 2.59. The first kappa shape index (κ1) is 14.5. The Balaban J connectivity index is 2.42. The van der Waals surface area contributed by atoms with Crippen molar-refractivity contribution in [1.29, 1.82) is 0 Å². The average molecular weight is 330 g/mol. The van der Waals surface area contributed by atoms with Crippen molar-refractivity contribution in [2.24, 2.45) is 0 Å². The third kappa shape index (κ3) is 2.82. The van der Waals surface area contributed by atoms with E-state index in [4.69, 9.17) is 23.2 Å². The van der Waals surface area contributed by atoms with Gasteiger partial charge in [-0.25, -0.2) is 4.39 Å². The van der Waals surface area contributed by atoms with Crippen molar-refractivity contribution in [3.63, 3.8) is 0 Å². The number of nitrogens with zero attached hydrogens (tertiary/aromatic N) is 1. The lowest BCUT2D eigenvalue weighted by molar-refractivity contribution is -0.117. The highest BCUT2D eigenvalue weighted by Crippen LogP contribution is 2.37. The van der Waals surface area contributed by atoms with Gasteiger partial charge in [0.15, 0.2) is 0 Å². The van der Waals surface area contributed by atoms with Crippen molar-refractivity contribution in [3.8, 4) is 0 Å². The molecule has 1 atom stereocenters. The topological polar surface area (TPSA) is 54.5 Å². The van der Waals surface area contributed by atoms with Gasteiger partial charge in [-0.3, -0.25) is 4.79 Å². The van der Waals surface area contributed by atoms with Crippen molar-refractivity contribution in [3.05, 3.63) is 28.0 Å². The summed E-state index contributed by atoms with van der Waals surface area (Å²) in [6, 6.07) is 1.88. The number of rotatable bonds is 2. The summed E-state index contributed by atoms with van der Waals surface area (Å²) in [7, 11) is -4.83. The van der Waals surface area contributed by atoms with Gasteiger partial charge in [0.1, 0.15) is 11.1 Å². The summed E-state index contributed by atoms with van der Waals surface area (Å²) in [5, 5.41) is -1.75. The molecule has 104 valence electrons. The summed E-state index contributed by atoms with van der Waals surface area (Å²) in [5.74, 6) is -1.33. The lowest BCUT2D eigenvalue weighted by Crippen LogP contribution is -2.27. The van der Waals surface area contributed by atoms with Gasteiger partial charge in [0.05, 0.1) is 15.7 Å². The third-order valence-electron chi connectivity index (χ3n) is 2.74. The number of hydrogen-bond acceptors (Lipinski definition) is 3. The maximum atomic E-state index is 13.0. The molecule has 19 heavy (non-hydrogen) atoms. The van der Waals surface area contributed by atoms with Crippen LogP contribution in [0.1, 0.15) is 6.42 Å². The Labute approximate surface area is 118 Å². The Bertz CT molecular complexity index is 627. The van der Waals surface area contributed by atoms with Crippen LogP contribution in [0.2, 0.25) is 10.0 Å². The molecule has 0 bridgehead atoms. The zero-order chi connectivity index (χ0) is 14.4. The quantitative estimate of drug-likeness (QED) is 0.783. The van der Waals surface area contributed by atoms with E-state index in [2.05, 4.69) is 0 Å². The number of carbonyl (C=O) groups is 1. The molecule has 4 nitrogen and oxygen atoms in total. The number of hydrogen-bond donors (Lipinski definition) is 0. The molecular formula is C10H7Cl2F2NO3S. The molecule has 9 heteroatoms. The van der Waals surface area contributed by atoms with Crippen LogP contribution >= 0.6 is 23.2 Å². The second-order valence-corrected chi connectivity index (χ2v) is 6.46. The standard InChI is InChI=1S/C10H7Cl2F2NO3S/c11-7-1-5(13)2-8(12)10(7)15-4-6(3-9(15)16)19(14,17)18/h1-2,6H,3-4H2. The second kappa shape index (κ2) is 4.88. The van der Waals surface area contributed by atoms with Gasteiger partial charge >= 0.3 is 10.2 Å². The van der Waals surface area contributed by atoms with E-state index in [9.17, 15) is 21.5 Å². The summed E-state index contributed by atoms with van der Waals surface area (Å²) in [4.78, 5) is 12.7. The van der Waals surface area contributed by atoms with Gasteiger partial charge in [-0.2, -0.15) is 8.42 Å². The SMILES string of the molecule is O=C1CC(S(=O)(=O)F)CN1c1c(Cl)cc(F)cc1Cl. The summed E-state index contributed by atoms with van der Waals surface area (Å²) in [6.45, 7) is -0.400. The van der Waals surface area contributed by atoms with Crippen molar-refractivity contribution in [2.45, 2.75) is 11.7 Å². The van der Waals surface area contributed by atoms with Crippen molar-refractivity contribution < 1.29 is 21.5 Å². The first-order valence-electron chi connectivity index (χ1n) is 5.08. The van der Waals surface area contributed by atoms with Gasteiger partial charge in [-0.15, -0.1) is 3.89 Å². The highest BCUT2D eigenvalue weighted by Gasteiger charge is 2.40. The maximum Gasteiger partial charge on any atom is 0.307 e. The fourth-order valence-corrected chi connectivity index (χ4v) is 3.21. The number of benzene rings is 1. The normalized spacial score (nSPS) is 20.1. The summed E-state index contributed by atoms with van der Waals surface area (Å²) < 4.78 is 47.5. The van der Waals surface area contributed by atoms with E-state index in [-0.39, 0.29) is 15.7 Å². The first-order valence-corrected chi connectivity index (χ1v) is 7.29. The minimum Gasteiger partial charge on any atom is -0.308 e. The fraction of sp³-hybridized carbons (Fsp3) is 0.300. The molecule has 1 saturated heterocycles. The smallest absolute Gasteiger partial charge is 0.307 e. The molecular weight excluding hydrogens is 323 g/mol. The summed E-state index contributed by atoms with van der Waals surface area (Å²) in [6.07, 6.45) is -0.497. The van der Waals surface area contributed by atoms with Gasteiger partial charge in [0.25, 0.3) is 0 Å². The van der Waals surface area contributed by atoms with Crippen LogP contribution in [-0.2, 0) is 15.0 Å². The molecule has 1 fully saturated rings. The van der Waals surface area contributed by atoms with E-state index in [0.717, 1.165) is 17.0 Å². The van der Waals surface area contributed by atoms with Crippen LogP contribution < -0.4 is 4.90 Å². The highest BCUT2D eigenvalue weighted by molar-refractivity contribution is 7.87. The van der Waals surface area contributed by atoms with Crippen LogP contribution in [0.4, 0.5) is 14.0 Å². The molecule has 1 amide bonds. The summed E-state index contributed by atoms with van der Waals surface area (Å²) in [5.41, 5.74) is -0.0131. The van der Waals surface area contributed by atoms with E-state index in [1.54, 1.807) is 0 Å². The molecule has 0 saturated carbocycles. The number of carbonyl (C=O) groups excluding carboxylic acids is 1. The molecule has 1 aromatic rings. The van der Waals surface area contributed by atoms with Crippen molar-refractivity contribution in [1.82, 2.24) is 0 Å². The lowest BCUT2D eigenvalue weighted by Gasteiger charge is -2.19. The molecule has 0 aromatic heterocycles. The Morgan fingerprint density at radius 2 is 1.79 bits per heavy atom. The molecule has 1 aliphatic heterocycles. The Hall–Kier alpha value is -0.920. The zero-order valence-electron chi connectivity index (χ0n) is 9.24. The van der Waals surface area contributed by atoms with Crippen molar-refractivity contribution in [2.75, 3.05) is 11.4 Å². The van der Waals surface area contributed by atoms with Crippen molar-refractivity contribution >= 4 is 45.0 Å². The largest absolute Gasteiger partial charge is 0.308 e. The molecule has 1 heterocycles. The number of anilines is 1. The Morgan fingerprint density at radius 1 is 1.26 bits per heavy atom. The highest BCUT2D eigenvalue weighted by atomic mass is 35.5. The third-order valence-corrected chi connectivity index (χ3v) is 4.43. The molecule has 1 unspecified atom stereocenters. The van der Waals surface area contributed by atoms with E-state index in [1.165, 1.54) is 0 Å². The second-order valence-electron chi connectivity index (χ2n) is 4.02. The predicted molar refractivity (Wildman–Crippen MR) is 67.2 cm³/mol. The van der Waals surface area contributed by atoms with E-state index >= 15 is 0 Å². The summed E-state index contributed by atoms with van der Waals surface area (Å²) >= 11 is 11.6. The van der Waals surface area contributed by atoms with Crippen LogP contribution in [-0.4, -0.2) is 26.1 Å². The Morgan fingerprint density at radius 3 is 2.21 bits per heavy atom. The predicted octanol–water partition coefficient (Wildman–Crippen LogP) is 2.54. The minimum absolute atomic E-state index is 0.0131. The van der Waals surface area contributed by atoms with Crippen LogP contribution in [0.5, 0.6) is 0 Å². The van der Waals surface area contributed by atoms with E-state index in [0.29, 0.717) is 0 Å². The molecule has 1 aliphatic rings. The molecule has 2 rings (SSSR count). The van der Waals surface area contributed by atoms with Gasteiger partial charge in [-0.1, -0.05) is 23.2 Å². The van der Waals surface area contributed by atoms with Gasteiger partial charge in [-0.05, 0) is 12.1 Å². The fourth-order valence-electron chi connectivity index (χ4n) is 1.87. The monoisotopic (exact) mass is 329 g/mol. The molecule has 0 spiro atoms. The first-order chi connectivity index (χ1) is 8.70. The lowest BCUT2D eigenvalue weighted by atomic mass is 10.3. The van der Waals surface area contributed by atoms with Crippen LogP contribution in [0.15, 0.2) is 12.1 Å². The molecule has 1 aromatic carbocycles. The maximum absolute atomic E-state index is 13.0. The molecule has 0 radical (unpaired) electrons. The van der Waals surface area contributed by atoms with Gasteiger partial charge in [0, 0.05) is 13.0 Å². The Kier molecular flexibility index (Phi) is 3.72.